The number of carboxylic acid groups (broad SMARTS) is 3. The molecule has 1 aromatic heterocycles. The van der Waals surface area contributed by atoms with Crippen LogP contribution in [0.15, 0.2) is 47.8 Å². The van der Waals surface area contributed by atoms with Crippen molar-refractivity contribution < 1.29 is 92.3 Å². The van der Waals surface area contributed by atoms with E-state index in [9.17, 15) is 92.3 Å². The predicted molar refractivity (Wildman–Crippen MR) is 403 cm³/mol. The number of aromatic nitrogens is 2. The van der Waals surface area contributed by atoms with E-state index in [4.69, 9.17) is 28.7 Å². The summed E-state index contributed by atoms with van der Waals surface area (Å²) in [5.41, 5.74) is 29.2. The van der Waals surface area contributed by atoms with Crippen LogP contribution in [0.25, 0.3) is 0 Å². The topological polar surface area (TPSA) is 635 Å². The van der Waals surface area contributed by atoms with E-state index in [1.165, 1.54) is 36.2 Å². The van der Waals surface area contributed by atoms with E-state index >= 15 is 0 Å². The number of aliphatic carboxylic acids is 3. The Bertz CT molecular complexity index is 3470. The van der Waals surface area contributed by atoms with Gasteiger partial charge in [-0.05, 0) is 126 Å². The molecule has 13 unspecified atom stereocenters. The second-order valence-corrected chi connectivity index (χ2v) is 29.1. The number of carbonyl (C=O) groups is 15. The van der Waals surface area contributed by atoms with Crippen molar-refractivity contribution in [1.29, 1.82) is 0 Å². The molecule has 39 nitrogen and oxygen atoms in total. The average Bonchev–Trinajstić information content (AvgIpc) is 1.75. The maximum absolute atomic E-state index is 15.0. The second-order valence-electron chi connectivity index (χ2n) is 29.1. The summed E-state index contributed by atoms with van der Waals surface area (Å²) in [5, 5.41) is 65.8. The maximum atomic E-state index is 15.0. The van der Waals surface area contributed by atoms with Crippen molar-refractivity contribution in [2.24, 2.45) is 51.4 Å². The largest absolute Gasteiger partial charge is 0.481 e. The zero-order chi connectivity index (χ0) is 82.6. The SMILES string of the molecule is CC(C)CC(NC(=O)C(Cc1ccccc1)NC(=O)C(CCC(=O)O)NC(=O)C(N)CCCCN)C(=O)NC(Cc1cnc[nH]1)C(=O)N1CCCC1C(=O)NC(CO)C(=O)NC(CCCCN)C(=O)NC(C(=O)NC(CC(=O)O)C(=O)NC(CC(C)C)C(=O)N1CCCC1C(=O)NC(CCCN=C(N)N)C(=O)O)C(C)C. The van der Waals surface area contributed by atoms with E-state index in [0.29, 0.717) is 43.5 Å². The normalized spacial score (nSPS) is 17.0. The molecule has 2 aliphatic rings. The molecule has 0 saturated carbocycles. The molecule has 39 heteroatoms. The third-order valence-corrected chi connectivity index (χ3v) is 18.6. The summed E-state index contributed by atoms with van der Waals surface area (Å²) in [5.74, 6) is -16.5. The molecule has 4 rings (SSSR count). The Morgan fingerprint density at radius 1 is 0.523 bits per heavy atom. The number of guanidine groups is 1. The first-order chi connectivity index (χ1) is 52.6. The van der Waals surface area contributed by atoms with Gasteiger partial charge in [0.2, 0.25) is 70.9 Å². The van der Waals surface area contributed by atoms with Crippen molar-refractivity contribution in [1.82, 2.24) is 72.9 Å². The molecule has 618 valence electrons. The summed E-state index contributed by atoms with van der Waals surface area (Å²) in [7, 11) is 0. The molecule has 2 aromatic rings. The molecule has 13 atom stereocenters. The van der Waals surface area contributed by atoms with Gasteiger partial charge >= 0.3 is 17.9 Å². The number of carbonyl (C=O) groups excluding carboxylic acids is 12. The monoisotopic (exact) mass is 1560 g/mol. The molecular weight excluding hydrogens is 1450 g/mol. The average molecular weight is 1570 g/mol. The fourth-order valence-electron chi connectivity index (χ4n) is 12.8. The number of hydrogen-bond acceptors (Lipinski definition) is 21. The third-order valence-electron chi connectivity index (χ3n) is 18.6. The van der Waals surface area contributed by atoms with E-state index in [1.807, 2.05) is 0 Å². The molecule has 12 amide bonds. The number of benzene rings is 1. The Morgan fingerprint density at radius 2 is 1.00 bits per heavy atom. The van der Waals surface area contributed by atoms with Gasteiger partial charge in [-0.3, -0.25) is 72.1 Å². The number of H-pyrrole nitrogens is 1. The van der Waals surface area contributed by atoms with Gasteiger partial charge in [0.05, 0.1) is 25.4 Å². The number of nitrogens with one attached hydrogen (secondary N) is 11. The van der Waals surface area contributed by atoms with Crippen molar-refractivity contribution in [3.8, 4) is 0 Å². The van der Waals surface area contributed by atoms with Crippen molar-refractivity contribution in [3.63, 3.8) is 0 Å². The van der Waals surface area contributed by atoms with Crippen LogP contribution in [0.2, 0.25) is 0 Å². The molecule has 2 fully saturated rings. The highest BCUT2D eigenvalue weighted by Gasteiger charge is 2.44. The van der Waals surface area contributed by atoms with Gasteiger partial charge in [0.25, 0.3) is 0 Å². The molecule has 2 saturated heterocycles. The fraction of sp³-hybridized carbons (Fsp3) is 0.653. The number of hydrogen-bond donors (Lipinski definition) is 20. The van der Waals surface area contributed by atoms with Crippen LogP contribution in [-0.4, -0.2) is 253 Å². The van der Waals surface area contributed by atoms with Crippen molar-refractivity contribution in [2.75, 3.05) is 39.3 Å². The van der Waals surface area contributed by atoms with Gasteiger partial charge in [-0.15, -0.1) is 0 Å². The van der Waals surface area contributed by atoms with Gasteiger partial charge in [0.15, 0.2) is 5.96 Å². The van der Waals surface area contributed by atoms with Gasteiger partial charge < -0.3 is 117 Å². The van der Waals surface area contributed by atoms with Gasteiger partial charge in [-0.2, -0.15) is 0 Å². The molecule has 25 N–H and O–H groups in total. The van der Waals surface area contributed by atoms with E-state index in [2.05, 4.69) is 68.1 Å². The number of amides is 12. The Hall–Kier alpha value is -10.4. The number of aromatic amines is 1. The molecule has 3 heterocycles. The zero-order valence-electron chi connectivity index (χ0n) is 64.0. The van der Waals surface area contributed by atoms with E-state index < -0.39 is 193 Å². The van der Waals surface area contributed by atoms with Gasteiger partial charge in [0, 0.05) is 50.8 Å². The van der Waals surface area contributed by atoms with Crippen LogP contribution in [0.1, 0.15) is 162 Å². The Labute approximate surface area is 644 Å². The summed E-state index contributed by atoms with van der Waals surface area (Å²) in [6, 6.07) is -10.2. The molecule has 2 aliphatic heterocycles. The number of nitrogens with zero attached hydrogens (tertiary/aromatic N) is 4. The number of imidazole rings is 1. The van der Waals surface area contributed by atoms with Gasteiger partial charge in [-0.25, -0.2) is 9.78 Å². The number of aliphatic imine (C=N–C) groups is 1. The lowest BCUT2D eigenvalue weighted by atomic mass is 9.99. The van der Waals surface area contributed by atoms with Crippen molar-refractivity contribution >= 4 is 94.8 Å². The van der Waals surface area contributed by atoms with E-state index in [-0.39, 0.29) is 127 Å². The minimum Gasteiger partial charge on any atom is -0.481 e. The Morgan fingerprint density at radius 3 is 1.54 bits per heavy atom. The van der Waals surface area contributed by atoms with Gasteiger partial charge in [0.1, 0.15) is 72.5 Å². The maximum Gasteiger partial charge on any atom is 0.326 e. The molecule has 0 radical (unpaired) electrons. The third kappa shape index (κ3) is 31.8. The van der Waals surface area contributed by atoms with Crippen LogP contribution < -0.4 is 81.8 Å². The van der Waals surface area contributed by atoms with Crippen LogP contribution in [0.3, 0.4) is 0 Å². The summed E-state index contributed by atoms with van der Waals surface area (Å²) in [4.78, 5) is 220. The lowest BCUT2D eigenvalue weighted by Gasteiger charge is -2.31. The Kier molecular flexibility index (Phi) is 39.9. The summed E-state index contributed by atoms with van der Waals surface area (Å²) >= 11 is 0. The number of likely N-dealkylation sites (tertiary alicyclic amines) is 2. The quantitative estimate of drug-likeness (QED) is 0.0170. The van der Waals surface area contributed by atoms with Crippen molar-refractivity contribution in [3.05, 3.63) is 54.1 Å². The number of rotatable bonds is 50. The minimum absolute atomic E-state index is 0.0157. The second kappa shape index (κ2) is 47.6. The van der Waals surface area contributed by atoms with Crippen LogP contribution in [-0.2, 0) is 84.8 Å². The molecular formula is C72H116N20O19. The highest BCUT2D eigenvalue weighted by atomic mass is 16.4. The lowest BCUT2D eigenvalue weighted by Crippen LogP contribution is -2.62. The fourth-order valence-corrected chi connectivity index (χ4v) is 12.8. The standard InChI is InChI=1S/C72H116N20O19/c1-39(2)31-48(84-63(102)49(33-42-17-8-7-9-18-42)85-60(99)46(24-25-56(94)95)81-59(98)44(75)19-10-12-26-73)62(101)88-52(34-43-36-78-38-80-43)70(109)92-30-16-23-55(92)67(106)89-53(37-93)65(104)82-45(20-11-13-27-74)61(100)90-58(41(5)6)68(107)86-50(35-57(96)97)64(103)87-51(32-40(3)4)69(108)91-29-15-22-54(91)66(105)83-47(71(110)111)21-14-28-79-72(76)77/h7-9,17-18,36,38-41,44-55,58,93H,10-16,19-35,37,73-75H2,1-6H3,(H,78,80)(H,81,98)(H,82,104)(H,83,105)(H,84,102)(H,85,99)(H,86,107)(H,87,103)(H,88,101)(H,89,106)(H,90,100)(H,94,95)(H,96,97)(H,110,111)(H4,76,77,79). The molecule has 0 aliphatic carbocycles. The van der Waals surface area contributed by atoms with Crippen LogP contribution in [0, 0.1) is 17.8 Å². The van der Waals surface area contributed by atoms with Crippen LogP contribution >= 0.6 is 0 Å². The first-order valence-electron chi connectivity index (χ1n) is 37.7. The number of nitrogens with two attached hydrogens (primary N) is 5. The molecule has 1 aromatic carbocycles. The number of carboxylic acids is 3. The first kappa shape index (κ1) is 93.0. The Balaban J connectivity index is 1.54. The zero-order valence-corrected chi connectivity index (χ0v) is 64.0. The van der Waals surface area contributed by atoms with E-state index in [1.54, 1.807) is 58.0 Å². The highest BCUT2D eigenvalue weighted by Crippen LogP contribution is 2.24. The van der Waals surface area contributed by atoms with Crippen LogP contribution in [0.5, 0.6) is 0 Å². The number of aliphatic hydroxyl groups is 1. The van der Waals surface area contributed by atoms with E-state index in [0.717, 1.165) is 0 Å². The smallest absolute Gasteiger partial charge is 0.326 e. The summed E-state index contributed by atoms with van der Waals surface area (Å²) in [6.07, 6.45) is 3.01. The number of aliphatic hydroxyl groups excluding tert-OH is 1. The minimum atomic E-state index is -1.87. The van der Waals surface area contributed by atoms with Crippen molar-refractivity contribution in [2.45, 2.75) is 242 Å². The molecule has 111 heavy (non-hydrogen) atoms. The highest BCUT2D eigenvalue weighted by molar-refractivity contribution is 6.01. The first-order valence-corrected chi connectivity index (χ1v) is 37.7. The van der Waals surface area contributed by atoms with Gasteiger partial charge in [-0.1, -0.05) is 78.3 Å². The number of unbranched alkanes of at least 4 members (excludes halogenated alkanes) is 2. The van der Waals surface area contributed by atoms with Crippen LogP contribution in [0.4, 0.5) is 0 Å². The summed E-state index contributed by atoms with van der Waals surface area (Å²) in [6.45, 7) is 9.61. The molecule has 0 bridgehead atoms. The summed E-state index contributed by atoms with van der Waals surface area (Å²) < 4.78 is 0. The lowest BCUT2D eigenvalue weighted by molar-refractivity contribution is -0.145. The molecule has 0 spiro atoms. The predicted octanol–water partition coefficient (Wildman–Crippen LogP) is -4.17.